The highest BCUT2D eigenvalue weighted by Crippen LogP contribution is 2.33. The van der Waals surface area contributed by atoms with E-state index in [0.29, 0.717) is 11.4 Å². The number of carbonyl (C=O) groups is 3. The Balaban J connectivity index is 1.85. The highest BCUT2D eigenvalue weighted by molar-refractivity contribution is 6.13. The normalized spacial score (nSPS) is 10.1. The van der Waals surface area contributed by atoms with Gasteiger partial charge < -0.3 is 31.2 Å². The van der Waals surface area contributed by atoms with Crippen LogP contribution in [-0.2, 0) is 0 Å². The van der Waals surface area contributed by atoms with Gasteiger partial charge in [-0.15, -0.1) is 0 Å². The van der Waals surface area contributed by atoms with Gasteiger partial charge in [0.1, 0.15) is 0 Å². The summed E-state index contributed by atoms with van der Waals surface area (Å²) >= 11 is 0. The number of carbonyl (C=O) groups excluding carboxylic acids is 3. The summed E-state index contributed by atoms with van der Waals surface area (Å²) in [6.07, 6.45) is 2.72. The second kappa shape index (κ2) is 9.94. The number of benzene rings is 2. The predicted molar refractivity (Wildman–Crippen MR) is 119 cm³/mol. The number of urea groups is 1. The van der Waals surface area contributed by atoms with Gasteiger partial charge in [0.25, 0.3) is 11.8 Å². The molecule has 1 aromatic heterocycles. The molecule has 5 N–H and O–H groups in total. The standard InChI is InChI=1S/C22H21N5O5/c1-31-18-10-14(20(23)28)17(11-19(18)32-2)26-21(29)15-12-24-9-8-16(15)27-22(30)25-13-6-4-3-5-7-13/h3-12H,1-2H3,(H2,23,28)(H,26,29)(H2,24,25,27,30). The summed E-state index contributed by atoms with van der Waals surface area (Å²) in [6, 6.07) is 12.5. The van der Waals surface area contributed by atoms with E-state index < -0.39 is 17.8 Å². The number of methoxy groups -OCH3 is 2. The molecule has 0 unspecified atom stereocenters. The summed E-state index contributed by atoms with van der Waals surface area (Å²) in [4.78, 5) is 41.1. The zero-order chi connectivity index (χ0) is 23.1. The fourth-order valence-electron chi connectivity index (χ4n) is 2.87. The van der Waals surface area contributed by atoms with E-state index >= 15 is 0 Å². The fourth-order valence-corrected chi connectivity index (χ4v) is 2.87. The Morgan fingerprint density at radius 3 is 2.19 bits per heavy atom. The molecule has 4 amide bonds. The minimum absolute atomic E-state index is 0.0243. The molecule has 3 aromatic rings. The van der Waals surface area contributed by atoms with Crippen molar-refractivity contribution in [3.05, 3.63) is 72.1 Å². The number of aromatic nitrogens is 1. The van der Waals surface area contributed by atoms with Gasteiger partial charge in [-0.25, -0.2) is 4.79 Å². The van der Waals surface area contributed by atoms with Crippen molar-refractivity contribution < 1.29 is 23.9 Å². The quantitative estimate of drug-likeness (QED) is 0.449. The van der Waals surface area contributed by atoms with Crippen molar-refractivity contribution in [2.45, 2.75) is 0 Å². The molecule has 32 heavy (non-hydrogen) atoms. The fraction of sp³-hybridized carbons (Fsp3) is 0.0909. The Hall–Kier alpha value is -4.60. The van der Waals surface area contributed by atoms with Gasteiger partial charge in [-0.1, -0.05) is 18.2 Å². The van der Waals surface area contributed by atoms with Crippen molar-refractivity contribution in [2.24, 2.45) is 5.73 Å². The zero-order valence-electron chi connectivity index (χ0n) is 17.3. The van der Waals surface area contributed by atoms with E-state index in [4.69, 9.17) is 15.2 Å². The van der Waals surface area contributed by atoms with Crippen LogP contribution in [0.2, 0.25) is 0 Å². The first-order valence-corrected chi connectivity index (χ1v) is 9.37. The van der Waals surface area contributed by atoms with E-state index in [9.17, 15) is 14.4 Å². The Morgan fingerprint density at radius 1 is 0.844 bits per heavy atom. The maximum Gasteiger partial charge on any atom is 0.323 e. The number of para-hydroxylation sites is 1. The van der Waals surface area contributed by atoms with Crippen LogP contribution in [0.3, 0.4) is 0 Å². The lowest BCUT2D eigenvalue weighted by Gasteiger charge is -2.15. The minimum Gasteiger partial charge on any atom is -0.493 e. The van der Waals surface area contributed by atoms with Crippen molar-refractivity contribution in [2.75, 3.05) is 30.2 Å². The summed E-state index contributed by atoms with van der Waals surface area (Å²) in [7, 11) is 2.83. The molecule has 2 aromatic carbocycles. The van der Waals surface area contributed by atoms with Crippen LogP contribution in [0.4, 0.5) is 21.9 Å². The number of ether oxygens (including phenoxy) is 2. The Bertz CT molecular complexity index is 1150. The van der Waals surface area contributed by atoms with Crippen molar-refractivity contribution in [1.29, 1.82) is 0 Å². The number of primary amides is 1. The Morgan fingerprint density at radius 2 is 1.53 bits per heavy atom. The van der Waals surface area contributed by atoms with Gasteiger partial charge in [-0.05, 0) is 24.3 Å². The number of anilines is 3. The lowest BCUT2D eigenvalue weighted by Crippen LogP contribution is -2.23. The van der Waals surface area contributed by atoms with E-state index in [2.05, 4.69) is 20.9 Å². The van der Waals surface area contributed by atoms with E-state index in [1.807, 2.05) is 6.07 Å². The van der Waals surface area contributed by atoms with Gasteiger partial charge in [0.15, 0.2) is 11.5 Å². The second-order valence-electron chi connectivity index (χ2n) is 6.44. The topological polar surface area (TPSA) is 145 Å². The van der Waals surface area contributed by atoms with Crippen LogP contribution in [0.5, 0.6) is 11.5 Å². The number of nitrogens with one attached hydrogen (secondary N) is 3. The molecule has 0 aliphatic heterocycles. The molecular weight excluding hydrogens is 414 g/mol. The molecule has 0 radical (unpaired) electrons. The van der Waals surface area contributed by atoms with E-state index in [-0.39, 0.29) is 28.3 Å². The van der Waals surface area contributed by atoms with Crippen LogP contribution in [-0.4, -0.2) is 37.0 Å². The van der Waals surface area contributed by atoms with Crippen LogP contribution < -0.4 is 31.2 Å². The molecule has 1 heterocycles. The van der Waals surface area contributed by atoms with Crippen molar-refractivity contribution >= 4 is 34.9 Å². The molecule has 0 aliphatic rings. The minimum atomic E-state index is -0.770. The molecule has 10 nitrogen and oxygen atoms in total. The van der Waals surface area contributed by atoms with E-state index in [1.54, 1.807) is 24.3 Å². The molecule has 0 saturated carbocycles. The molecule has 0 atom stereocenters. The van der Waals surface area contributed by atoms with Crippen molar-refractivity contribution in [3.63, 3.8) is 0 Å². The van der Waals surface area contributed by atoms with Crippen molar-refractivity contribution in [1.82, 2.24) is 4.98 Å². The number of amides is 4. The molecule has 10 heteroatoms. The summed E-state index contributed by atoms with van der Waals surface area (Å²) in [6.45, 7) is 0. The van der Waals surface area contributed by atoms with Gasteiger partial charge in [0.2, 0.25) is 0 Å². The molecule has 0 fully saturated rings. The number of pyridine rings is 1. The van der Waals surface area contributed by atoms with Gasteiger partial charge in [-0.3, -0.25) is 14.6 Å². The van der Waals surface area contributed by atoms with Crippen LogP contribution in [0.25, 0.3) is 0 Å². The van der Waals surface area contributed by atoms with E-state index in [1.165, 1.54) is 44.8 Å². The third kappa shape index (κ3) is 5.11. The molecular formula is C22H21N5O5. The SMILES string of the molecule is COc1cc(NC(=O)c2cnccc2NC(=O)Nc2ccccc2)c(C(N)=O)cc1OC. The second-order valence-corrected chi connectivity index (χ2v) is 6.44. The summed E-state index contributed by atoms with van der Waals surface area (Å²) < 4.78 is 10.4. The third-order valence-corrected chi connectivity index (χ3v) is 4.38. The Kier molecular flexibility index (Phi) is 6.86. The average Bonchev–Trinajstić information content (AvgIpc) is 2.79. The maximum atomic E-state index is 13.0. The van der Waals surface area contributed by atoms with Gasteiger partial charge in [0, 0.05) is 24.1 Å². The highest BCUT2D eigenvalue weighted by Gasteiger charge is 2.20. The average molecular weight is 435 g/mol. The molecule has 0 saturated heterocycles. The smallest absolute Gasteiger partial charge is 0.323 e. The first kappa shape index (κ1) is 22.1. The van der Waals surface area contributed by atoms with E-state index in [0.717, 1.165) is 0 Å². The van der Waals surface area contributed by atoms with Crippen molar-refractivity contribution in [3.8, 4) is 11.5 Å². The number of hydrogen-bond donors (Lipinski definition) is 4. The summed E-state index contributed by atoms with van der Waals surface area (Å²) in [5.41, 5.74) is 6.46. The monoisotopic (exact) mass is 435 g/mol. The summed E-state index contributed by atoms with van der Waals surface area (Å²) in [5.74, 6) is -0.823. The largest absolute Gasteiger partial charge is 0.493 e. The first-order valence-electron chi connectivity index (χ1n) is 9.37. The van der Waals surface area contributed by atoms with Crippen LogP contribution in [0.15, 0.2) is 60.9 Å². The first-order chi connectivity index (χ1) is 15.4. The van der Waals surface area contributed by atoms with Crippen LogP contribution in [0.1, 0.15) is 20.7 Å². The molecule has 3 rings (SSSR count). The molecule has 0 bridgehead atoms. The molecule has 164 valence electrons. The maximum absolute atomic E-state index is 13.0. The van der Waals surface area contributed by atoms with Gasteiger partial charge in [0.05, 0.1) is 36.7 Å². The summed E-state index contributed by atoms with van der Waals surface area (Å²) in [5, 5.41) is 7.89. The number of hydrogen-bond acceptors (Lipinski definition) is 6. The van der Waals surface area contributed by atoms with Gasteiger partial charge in [-0.2, -0.15) is 0 Å². The van der Waals surface area contributed by atoms with Crippen LogP contribution in [0, 0.1) is 0 Å². The zero-order valence-corrected chi connectivity index (χ0v) is 17.3. The molecule has 0 spiro atoms. The predicted octanol–water partition coefficient (Wildman–Crippen LogP) is 3.09. The number of nitrogens with two attached hydrogens (primary N) is 1. The lowest BCUT2D eigenvalue weighted by atomic mass is 10.1. The van der Waals surface area contributed by atoms with Gasteiger partial charge >= 0.3 is 6.03 Å². The Labute approximate surface area is 183 Å². The molecule has 0 aliphatic carbocycles. The highest BCUT2D eigenvalue weighted by atomic mass is 16.5. The third-order valence-electron chi connectivity index (χ3n) is 4.38. The number of nitrogens with zero attached hydrogens (tertiary/aromatic N) is 1. The van der Waals surface area contributed by atoms with Crippen LogP contribution >= 0.6 is 0 Å². The number of rotatable bonds is 7. The lowest BCUT2D eigenvalue weighted by molar-refractivity contribution is 0.100.